The molecule has 0 aromatic heterocycles. The first-order valence-electron chi connectivity index (χ1n) is 7.37. The molecule has 5 nitrogen and oxygen atoms in total. The molecule has 1 atom stereocenters. The van der Waals surface area contributed by atoms with E-state index in [-0.39, 0.29) is 11.8 Å². The van der Waals surface area contributed by atoms with Crippen molar-refractivity contribution in [1.82, 2.24) is 10.2 Å². The summed E-state index contributed by atoms with van der Waals surface area (Å²) >= 11 is 0. The van der Waals surface area contributed by atoms with Gasteiger partial charge in [-0.2, -0.15) is 0 Å². The van der Waals surface area contributed by atoms with Gasteiger partial charge in [0.05, 0.1) is 0 Å². The first-order chi connectivity index (χ1) is 11.0. The minimum absolute atomic E-state index is 0.0541. The number of benzene rings is 2. The zero-order valence-electron chi connectivity index (χ0n) is 13.5. The van der Waals surface area contributed by atoms with Crippen molar-refractivity contribution in [3.8, 4) is 0 Å². The minimum atomic E-state index is -0.508. The largest absolute Gasteiger partial charge is 0.370 e. The fourth-order valence-electron chi connectivity index (χ4n) is 2.25. The van der Waals surface area contributed by atoms with E-state index in [0.717, 1.165) is 11.3 Å². The molecule has 0 aliphatic heterocycles. The van der Waals surface area contributed by atoms with Crippen LogP contribution in [0.25, 0.3) is 0 Å². The first-order valence-corrected chi connectivity index (χ1v) is 7.37. The predicted molar refractivity (Wildman–Crippen MR) is 91.3 cm³/mol. The predicted octanol–water partition coefficient (Wildman–Crippen LogP) is 2.29. The quantitative estimate of drug-likeness (QED) is 0.890. The molecule has 0 radical (unpaired) electrons. The molecular formula is C18H21N3O2. The summed E-state index contributed by atoms with van der Waals surface area (Å²) in [7, 11) is 5.03. The van der Waals surface area contributed by atoms with Crippen LogP contribution < -0.4 is 10.6 Å². The van der Waals surface area contributed by atoms with Crippen molar-refractivity contribution in [3.63, 3.8) is 0 Å². The summed E-state index contributed by atoms with van der Waals surface area (Å²) in [4.78, 5) is 25.8. The highest BCUT2D eigenvalue weighted by molar-refractivity contribution is 5.95. The monoisotopic (exact) mass is 311 g/mol. The second kappa shape index (κ2) is 7.45. The normalized spacial score (nSPS) is 11.4. The number of hydrogen-bond acceptors (Lipinski definition) is 3. The molecule has 2 amide bonds. The maximum absolute atomic E-state index is 12.5. The van der Waals surface area contributed by atoms with Gasteiger partial charge in [-0.25, -0.2) is 0 Å². The second-order valence-electron chi connectivity index (χ2n) is 5.38. The van der Waals surface area contributed by atoms with Crippen LogP contribution in [0.15, 0.2) is 54.6 Å². The SMILES string of the molecule is CNC(=O)c1cccc(N[C@H](C(=O)N(C)C)c2ccccc2)c1. The lowest BCUT2D eigenvalue weighted by Gasteiger charge is -2.23. The third-order valence-corrected chi connectivity index (χ3v) is 3.48. The summed E-state index contributed by atoms with van der Waals surface area (Å²) < 4.78 is 0. The van der Waals surface area contributed by atoms with Crippen molar-refractivity contribution in [2.45, 2.75) is 6.04 Å². The highest BCUT2D eigenvalue weighted by Crippen LogP contribution is 2.22. The van der Waals surface area contributed by atoms with E-state index >= 15 is 0 Å². The van der Waals surface area contributed by atoms with Gasteiger partial charge in [0.15, 0.2) is 0 Å². The van der Waals surface area contributed by atoms with Crippen molar-refractivity contribution < 1.29 is 9.59 Å². The Morgan fingerprint density at radius 1 is 1.00 bits per heavy atom. The molecule has 0 saturated heterocycles. The summed E-state index contributed by atoms with van der Waals surface area (Å²) in [5.41, 5.74) is 2.13. The minimum Gasteiger partial charge on any atom is -0.370 e. The topological polar surface area (TPSA) is 61.4 Å². The maximum atomic E-state index is 12.5. The van der Waals surface area contributed by atoms with E-state index < -0.39 is 6.04 Å². The van der Waals surface area contributed by atoms with Gasteiger partial charge in [-0.15, -0.1) is 0 Å². The Kier molecular flexibility index (Phi) is 5.36. The zero-order valence-corrected chi connectivity index (χ0v) is 13.5. The Morgan fingerprint density at radius 2 is 1.70 bits per heavy atom. The lowest BCUT2D eigenvalue weighted by molar-refractivity contribution is -0.129. The molecule has 2 N–H and O–H groups in total. The lowest BCUT2D eigenvalue weighted by atomic mass is 10.0. The van der Waals surface area contributed by atoms with E-state index in [9.17, 15) is 9.59 Å². The van der Waals surface area contributed by atoms with Crippen LogP contribution in [0.1, 0.15) is 22.0 Å². The number of nitrogens with one attached hydrogen (secondary N) is 2. The van der Waals surface area contributed by atoms with Crippen molar-refractivity contribution in [3.05, 3.63) is 65.7 Å². The standard InChI is InChI=1S/C18H21N3O2/c1-19-17(22)14-10-7-11-15(12-14)20-16(18(23)21(2)3)13-8-5-4-6-9-13/h4-12,16,20H,1-3H3,(H,19,22)/t16-/m0/s1. The van der Waals surface area contributed by atoms with Crippen LogP contribution in [0.3, 0.4) is 0 Å². The molecule has 5 heteroatoms. The van der Waals surface area contributed by atoms with Crippen molar-refractivity contribution in [2.75, 3.05) is 26.5 Å². The van der Waals surface area contributed by atoms with Crippen LogP contribution in [0.5, 0.6) is 0 Å². The summed E-state index contributed by atoms with van der Waals surface area (Å²) in [5.74, 6) is -0.217. The molecule has 0 saturated carbocycles. The molecule has 120 valence electrons. The van der Waals surface area contributed by atoms with Gasteiger partial charge < -0.3 is 15.5 Å². The Balaban J connectivity index is 2.31. The summed E-state index contributed by atoms with van der Waals surface area (Å²) in [6.45, 7) is 0. The molecule has 0 spiro atoms. The highest BCUT2D eigenvalue weighted by Gasteiger charge is 2.22. The van der Waals surface area contributed by atoms with Crippen molar-refractivity contribution >= 4 is 17.5 Å². The Bertz CT molecular complexity index is 684. The van der Waals surface area contributed by atoms with Crippen molar-refractivity contribution in [2.24, 2.45) is 0 Å². The van der Waals surface area contributed by atoms with Crippen molar-refractivity contribution in [1.29, 1.82) is 0 Å². The number of amides is 2. The van der Waals surface area contributed by atoms with Crippen LogP contribution >= 0.6 is 0 Å². The van der Waals surface area contributed by atoms with Gasteiger partial charge in [0.25, 0.3) is 5.91 Å². The molecule has 0 aliphatic rings. The Hall–Kier alpha value is -2.82. The molecule has 0 fully saturated rings. The molecule has 23 heavy (non-hydrogen) atoms. The number of carbonyl (C=O) groups excluding carboxylic acids is 2. The third kappa shape index (κ3) is 4.10. The van der Waals surface area contributed by atoms with Crippen LogP contribution in [-0.4, -0.2) is 37.9 Å². The van der Waals surface area contributed by atoms with E-state index in [1.54, 1.807) is 44.2 Å². The number of anilines is 1. The Labute approximate surface area is 136 Å². The molecule has 0 bridgehead atoms. The van der Waals surface area contributed by atoms with Crippen LogP contribution in [-0.2, 0) is 4.79 Å². The molecule has 0 unspecified atom stereocenters. The van der Waals surface area contributed by atoms with Gasteiger partial charge in [-0.1, -0.05) is 36.4 Å². The average Bonchev–Trinajstić information content (AvgIpc) is 2.59. The fraction of sp³-hybridized carbons (Fsp3) is 0.222. The molecule has 0 heterocycles. The van der Waals surface area contributed by atoms with E-state index in [1.807, 2.05) is 36.4 Å². The van der Waals surface area contributed by atoms with Crippen LogP contribution in [0, 0.1) is 0 Å². The summed E-state index contributed by atoms with van der Waals surface area (Å²) in [6.07, 6.45) is 0. The molecule has 2 rings (SSSR count). The van der Waals surface area contributed by atoms with Gasteiger partial charge in [0.2, 0.25) is 5.91 Å². The lowest BCUT2D eigenvalue weighted by Crippen LogP contribution is -2.32. The zero-order chi connectivity index (χ0) is 16.8. The van der Waals surface area contributed by atoms with Gasteiger partial charge in [0.1, 0.15) is 6.04 Å². The molecule has 2 aromatic carbocycles. The van der Waals surface area contributed by atoms with E-state index in [2.05, 4.69) is 10.6 Å². The summed E-state index contributed by atoms with van der Waals surface area (Å²) in [6, 6.07) is 16.1. The van der Waals surface area contributed by atoms with Gasteiger partial charge in [-0.05, 0) is 23.8 Å². The van der Waals surface area contributed by atoms with Crippen LogP contribution in [0.2, 0.25) is 0 Å². The fourth-order valence-corrected chi connectivity index (χ4v) is 2.25. The second-order valence-corrected chi connectivity index (χ2v) is 5.38. The smallest absolute Gasteiger partial charge is 0.251 e. The highest BCUT2D eigenvalue weighted by atomic mass is 16.2. The summed E-state index contributed by atoms with van der Waals surface area (Å²) in [5, 5.41) is 5.82. The first kappa shape index (κ1) is 16.5. The number of hydrogen-bond donors (Lipinski definition) is 2. The number of likely N-dealkylation sites (N-methyl/N-ethyl adjacent to an activating group) is 1. The molecular weight excluding hydrogens is 290 g/mol. The Morgan fingerprint density at radius 3 is 2.30 bits per heavy atom. The van der Waals surface area contributed by atoms with Gasteiger partial charge in [0, 0.05) is 32.4 Å². The van der Waals surface area contributed by atoms with Gasteiger partial charge in [-0.3, -0.25) is 9.59 Å². The average molecular weight is 311 g/mol. The maximum Gasteiger partial charge on any atom is 0.251 e. The number of rotatable bonds is 5. The third-order valence-electron chi connectivity index (χ3n) is 3.48. The van der Waals surface area contributed by atoms with Gasteiger partial charge >= 0.3 is 0 Å². The van der Waals surface area contributed by atoms with E-state index in [4.69, 9.17) is 0 Å². The number of nitrogens with zero attached hydrogens (tertiary/aromatic N) is 1. The van der Waals surface area contributed by atoms with E-state index in [1.165, 1.54) is 0 Å². The molecule has 2 aromatic rings. The van der Waals surface area contributed by atoms with E-state index in [0.29, 0.717) is 5.56 Å². The molecule has 0 aliphatic carbocycles. The number of carbonyl (C=O) groups is 2. The van der Waals surface area contributed by atoms with Crippen LogP contribution in [0.4, 0.5) is 5.69 Å².